The van der Waals surface area contributed by atoms with E-state index in [0.29, 0.717) is 0 Å². The predicted octanol–water partition coefficient (Wildman–Crippen LogP) is 1.54. The fraction of sp³-hybridized carbons (Fsp3) is 0.333. The van der Waals surface area contributed by atoms with E-state index in [9.17, 15) is 0 Å². The lowest BCUT2D eigenvalue weighted by atomic mass is 10.5. The first-order valence-corrected chi connectivity index (χ1v) is 4.72. The highest BCUT2D eigenvalue weighted by atomic mass is 79.9. The van der Waals surface area contributed by atoms with E-state index in [1.165, 1.54) is 11.5 Å². The molecule has 0 amide bonds. The second kappa shape index (κ2) is 4.58. The Balaban J connectivity index is 2.19. The molecule has 1 aromatic heterocycles. The van der Waals surface area contributed by atoms with Gasteiger partial charge in [0.2, 0.25) is 0 Å². The number of nitrogens with zero attached hydrogens (tertiary/aromatic N) is 2. The quantitative estimate of drug-likeness (QED) is 0.858. The molecule has 60 valence electrons. The average molecular weight is 234 g/mol. The number of hydrogen-bond acceptors (Lipinski definition) is 4. The van der Waals surface area contributed by atoms with E-state index in [0.717, 1.165) is 23.3 Å². The van der Waals surface area contributed by atoms with Gasteiger partial charge in [-0.1, -0.05) is 27.0 Å². The Bertz CT molecular complexity index is 222. The Hall–Kier alpha value is -0.260. The van der Waals surface area contributed by atoms with Gasteiger partial charge < -0.3 is 5.32 Å². The van der Waals surface area contributed by atoms with Gasteiger partial charge in [0, 0.05) is 23.0 Å². The van der Waals surface area contributed by atoms with Crippen molar-refractivity contribution in [1.29, 1.82) is 0 Å². The van der Waals surface area contributed by atoms with Gasteiger partial charge in [-0.2, -0.15) is 0 Å². The summed E-state index contributed by atoms with van der Waals surface area (Å²) in [5.41, 5.74) is 0.976. The van der Waals surface area contributed by atoms with Gasteiger partial charge in [0.15, 0.2) is 0 Å². The van der Waals surface area contributed by atoms with Crippen molar-refractivity contribution in [3.8, 4) is 0 Å². The second-order valence-electron chi connectivity index (χ2n) is 2.02. The van der Waals surface area contributed by atoms with Gasteiger partial charge in [-0.15, -0.1) is 5.10 Å². The SMILES string of the molecule is C=C(Br)CNCc1csnn1. The summed E-state index contributed by atoms with van der Waals surface area (Å²) in [5, 5.41) is 8.94. The van der Waals surface area contributed by atoms with Crippen LogP contribution in [0, 0.1) is 0 Å². The van der Waals surface area contributed by atoms with Gasteiger partial charge >= 0.3 is 0 Å². The highest BCUT2D eigenvalue weighted by molar-refractivity contribution is 9.11. The molecule has 0 bridgehead atoms. The number of hydrogen-bond donors (Lipinski definition) is 1. The van der Waals surface area contributed by atoms with Crippen molar-refractivity contribution < 1.29 is 0 Å². The van der Waals surface area contributed by atoms with Crippen molar-refractivity contribution in [2.75, 3.05) is 6.54 Å². The summed E-state index contributed by atoms with van der Waals surface area (Å²) >= 11 is 4.61. The van der Waals surface area contributed by atoms with Crippen molar-refractivity contribution in [3.05, 3.63) is 22.1 Å². The highest BCUT2D eigenvalue weighted by Crippen LogP contribution is 1.99. The van der Waals surface area contributed by atoms with E-state index in [1.807, 2.05) is 5.38 Å². The Morgan fingerprint density at radius 2 is 2.64 bits per heavy atom. The standard InChI is InChI=1S/C6H8BrN3S/c1-5(7)2-8-3-6-4-11-10-9-6/h4,8H,1-3H2. The summed E-state index contributed by atoms with van der Waals surface area (Å²) in [7, 11) is 0. The normalized spacial score (nSPS) is 9.91. The molecule has 1 N–H and O–H groups in total. The van der Waals surface area contributed by atoms with Crippen LogP contribution in [-0.4, -0.2) is 16.1 Å². The maximum atomic E-state index is 3.87. The van der Waals surface area contributed by atoms with Gasteiger partial charge in [-0.3, -0.25) is 0 Å². The Morgan fingerprint density at radius 1 is 1.82 bits per heavy atom. The molecule has 1 aromatic rings. The Morgan fingerprint density at radius 3 is 3.18 bits per heavy atom. The van der Waals surface area contributed by atoms with Gasteiger partial charge in [-0.05, 0) is 11.5 Å². The first-order chi connectivity index (χ1) is 5.29. The van der Waals surface area contributed by atoms with Crippen LogP contribution in [0.15, 0.2) is 16.4 Å². The number of rotatable bonds is 4. The van der Waals surface area contributed by atoms with E-state index in [2.05, 4.69) is 37.4 Å². The van der Waals surface area contributed by atoms with E-state index in [1.54, 1.807) is 0 Å². The van der Waals surface area contributed by atoms with Crippen LogP contribution >= 0.6 is 27.5 Å². The van der Waals surface area contributed by atoms with Gasteiger partial charge in [-0.25, -0.2) is 0 Å². The fourth-order valence-corrected chi connectivity index (χ4v) is 1.24. The Labute approximate surface area is 77.8 Å². The summed E-state index contributed by atoms with van der Waals surface area (Å²) in [6.07, 6.45) is 0. The van der Waals surface area contributed by atoms with Crippen LogP contribution in [0.1, 0.15) is 5.69 Å². The van der Waals surface area contributed by atoms with Crippen molar-refractivity contribution in [3.63, 3.8) is 0 Å². The van der Waals surface area contributed by atoms with Crippen LogP contribution in [0.3, 0.4) is 0 Å². The third kappa shape index (κ3) is 3.60. The zero-order valence-electron chi connectivity index (χ0n) is 5.88. The molecule has 0 spiro atoms. The second-order valence-corrected chi connectivity index (χ2v) is 3.75. The summed E-state index contributed by atoms with van der Waals surface area (Å²) in [4.78, 5) is 0. The molecule has 1 heterocycles. The van der Waals surface area contributed by atoms with Crippen molar-refractivity contribution in [2.24, 2.45) is 0 Å². The maximum Gasteiger partial charge on any atom is 0.0893 e. The lowest BCUT2D eigenvalue weighted by Gasteiger charge is -1.98. The summed E-state index contributed by atoms with van der Waals surface area (Å²) in [6, 6.07) is 0. The predicted molar refractivity (Wildman–Crippen MR) is 49.7 cm³/mol. The molecule has 0 unspecified atom stereocenters. The molecule has 0 saturated carbocycles. The third-order valence-corrected chi connectivity index (χ3v) is 1.86. The summed E-state index contributed by atoms with van der Waals surface area (Å²) in [5.74, 6) is 0. The largest absolute Gasteiger partial charge is 0.306 e. The van der Waals surface area contributed by atoms with Crippen LogP contribution in [0.4, 0.5) is 0 Å². The summed E-state index contributed by atoms with van der Waals surface area (Å²) < 4.78 is 4.68. The van der Waals surface area contributed by atoms with Crippen LogP contribution in [-0.2, 0) is 6.54 Å². The van der Waals surface area contributed by atoms with Gasteiger partial charge in [0.25, 0.3) is 0 Å². The molecule has 3 nitrogen and oxygen atoms in total. The van der Waals surface area contributed by atoms with Crippen LogP contribution in [0.5, 0.6) is 0 Å². The Kier molecular flexibility index (Phi) is 3.68. The molecule has 0 saturated heterocycles. The maximum absolute atomic E-state index is 3.87. The first kappa shape index (κ1) is 8.83. The van der Waals surface area contributed by atoms with Crippen molar-refractivity contribution in [2.45, 2.75) is 6.54 Å². The minimum Gasteiger partial charge on any atom is -0.306 e. The molecular formula is C6H8BrN3S. The monoisotopic (exact) mass is 233 g/mol. The molecule has 5 heteroatoms. The fourth-order valence-electron chi connectivity index (χ4n) is 0.587. The molecule has 0 atom stereocenters. The van der Waals surface area contributed by atoms with E-state index < -0.39 is 0 Å². The third-order valence-electron chi connectivity index (χ3n) is 1.03. The minimum absolute atomic E-state index is 0.751. The highest BCUT2D eigenvalue weighted by Gasteiger charge is 1.94. The lowest BCUT2D eigenvalue weighted by Crippen LogP contribution is -2.14. The van der Waals surface area contributed by atoms with E-state index in [4.69, 9.17) is 0 Å². The minimum atomic E-state index is 0.751. The lowest BCUT2D eigenvalue weighted by molar-refractivity contribution is 0.734. The number of aromatic nitrogens is 2. The van der Waals surface area contributed by atoms with E-state index in [-0.39, 0.29) is 0 Å². The van der Waals surface area contributed by atoms with E-state index >= 15 is 0 Å². The zero-order valence-corrected chi connectivity index (χ0v) is 8.28. The average Bonchev–Trinajstić information content (AvgIpc) is 2.39. The first-order valence-electron chi connectivity index (χ1n) is 3.09. The van der Waals surface area contributed by atoms with Crippen LogP contribution < -0.4 is 5.32 Å². The number of halogens is 1. The molecule has 0 radical (unpaired) electrons. The van der Waals surface area contributed by atoms with Crippen LogP contribution in [0.2, 0.25) is 0 Å². The molecule has 1 rings (SSSR count). The molecule has 0 aromatic carbocycles. The van der Waals surface area contributed by atoms with Crippen LogP contribution in [0.25, 0.3) is 0 Å². The van der Waals surface area contributed by atoms with Gasteiger partial charge in [0.05, 0.1) is 5.69 Å². The molecule has 0 aliphatic heterocycles. The molecule has 0 fully saturated rings. The number of nitrogens with one attached hydrogen (secondary N) is 1. The summed E-state index contributed by atoms with van der Waals surface area (Å²) in [6.45, 7) is 5.21. The van der Waals surface area contributed by atoms with Crippen molar-refractivity contribution >= 4 is 27.5 Å². The van der Waals surface area contributed by atoms with Gasteiger partial charge in [0.1, 0.15) is 0 Å². The topological polar surface area (TPSA) is 37.8 Å². The zero-order chi connectivity index (χ0) is 8.10. The molecule has 0 aliphatic rings. The molecule has 11 heavy (non-hydrogen) atoms. The van der Waals surface area contributed by atoms with Crippen molar-refractivity contribution in [1.82, 2.24) is 14.9 Å². The molecular weight excluding hydrogens is 226 g/mol. The smallest absolute Gasteiger partial charge is 0.0893 e. The molecule has 0 aliphatic carbocycles.